The van der Waals surface area contributed by atoms with Crippen LogP contribution in [0.2, 0.25) is 0 Å². The lowest BCUT2D eigenvalue weighted by Crippen LogP contribution is -2.49. The van der Waals surface area contributed by atoms with Crippen LogP contribution in [0.15, 0.2) is 6.33 Å². The van der Waals surface area contributed by atoms with Crippen molar-refractivity contribution in [3.05, 3.63) is 23.3 Å². The van der Waals surface area contributed by atoms with Gasteiger partial charge in [-0.05, 0) is 51.5 Å². The quantitative estimate of drug-likeness (QED) is 0.826. The van der Waals surface area contributed by atoms with E-state index in [1.165, 1.54) is 25.6 Å². The van der Waals surface area contributed by atoms with Crippen molar-refractivity contribution in [2.45, 2.75) is 64.9 Å². The number of aromatic nitrogens is 4. The Morgan fingerprint density at radius 1 is 1.33 bits per heavy atom. The van der Waals surface area contributed by atoms with E-state index in [-0.39, 0.29) is 11.3 Å². The van der Waals surface area contributed by atoms with Crippen molar-refractivity contribution in [2.75, 3.05) is 20.2 Å². The van der Waals surface area contributed by atoms with E-state index in [0.29, 0.717) is 24.7 Å². The molecule has 2 fully saturated rings. The molecule has 1 amide bonds. The Bertz CT molecular complexity index is 848. The van der Waals surface area contributed by atoms with Gasteiger partial charge in [0.1, 0.15) is 6.33 Å². The van der Waals surface area contributed by atoms with Gasteiger partial charge in [-0.1, -0.05) is 6.42 Å². The van der Waals surface area contributed by atoms with E-state index in [0.717, 1.165) is 42.9 Å². The second-order valence-electron chi connectivity index (χ2n) is 8.13. The number of carbonyl (C=O) groups excluding carboxylic acids is 1. The summed E-state index contributed by atoms with van der Waals surface area (Å²) >= 11 is 0. The van der Waals surface area contributed by atoms with E-state index in [2.05, 4.69) is 20.0 Å². The van der Waals surface area contributed by atoms with Gasteiger partial charge in [-0.3, -0.25) is 4.79 Å². The number of ether oxygens (including phenoxy) is 1. The number of hydrogen-bond donors (Lipinski definition) is 0. The van der Waals surface area contributed by atoms with Gasteiger partial charge in [0.25, 0.3) is 5.78 Å². The molecule has 0 aromatic carbocycles. The number of fused-ring (bicyclic) bond motifs is 1. The van der Waals surface area contributed by atoms with Gasteiger partial charge < -0.3 is 9.64 Å². The maximum absolute atomic E-state index is 13.0. The smallest absolute Gasteiger partial charge is 0.252 e. The molecule has 1 saturated carbocycles. The van der Waals surface area contributed by atoms with Gasteiger partial charge in [0.2, 0.25) is 5.91 Å². The second-order valence-corrected chi connectivity index (χ2v) is 8.13. The highest BCUT2D eigenvalue weighted by atomic mass is 16.5. The lowest BCUT2D eigenvalue weighted by atomic mass is 9.76. The summed E-state index contributed by atoms with van der Waals surface area (Å²) in [5, 5.41) is 4.24. The van der Waals surface area contributed by atoms with Crippen LogP contribution < -0.4 is 0 Å². The summed E-state index contributed by atoms with van der Waals surface area (Å²) < 4.78 is 7.52. The molecular formula is C20H29N5O2. The van der Waals surface area contributed by atoms with Crippen molar-refractivity contribution >= 4 is 11.7 Å². The number of carbonyl (C=O) groups is 1. The zero-order valence-corrected chi connectivity index (χ0v) is 16.6. The fourth-order valence-corrected chi connectivity index (χ4v) is 5.22. The standard InChI is InChI=1S/C20H29N5O2/c1-14-16(15(2)25-19(23-14)21-13-22-25)7-8-18(26)24-11-5-10-20(12-24)9-4-6-17(20)27-3/h13,17H,4-12H2,1-3H3/t17-,20-/m1/s1. The number of hydrogen-bond acceptors (Lipinski definition) is 5. The third-order valence-corrected chi connectivity index (χ3v) is 6.65. The molecular weight excluding hydrogens is 342 g/mol. The van der Waals surface area contributed by atoms with Crippen LogP contribution in [-0.4, -0.2) is 56.7 Å². The SMILES string of the molecule is CO[C@@H]1CCC[C@]12CCCN(C(=O)CCc1c(C)nc3ncnn3c1C)C2. The number of likely N-dealkylation sites (tertiary alicyclic amines) is 1. The highest BCUT2D eigenvalue weighted by molar-refractivity contribution is 5.76. The Balaban J connectivity index is 1.45. The van der Waals surface area contributed by atoms with Crippen LogP contribution in [0, 0.1) is 19.3 Å². The molecule has 1 aliphatic carbocycles. The first kappa shape index (κ1) is 18.3. The lowest BCUT2D eigenvalue weighted by Gasteiger charge is -2.43. The molecule has 2 aliphatic rings. The van der Waals surface area contributed by atoms with E-state index in [4.69, 9.17) is 4.74 Å². The van der Waals surface area contributed by atoms with Crippen LogP contribution in [0.3, 0.4) is 0 Å². The van der Waals surface area contributed by atoms with Gasteiger partial charge in [-0.2, -0.15) is 10.1 Å². The van der Waals surface area contributed by atoms with Gasteiger partial charge in [-0.15, -0.1) is 0 Å². The summed E-state index contributed by atoms with van der Waals surface area (Å²) in [6, 6.07) is 0. The van der Waals surface area contributed by atoms with E-state index < -0.39 is 0 Å². The molecule has 1 aliphatic heterocycles. The molecule has 27 heavy (non-hydrogen) atoms. The van der Waals surface area contributed by atoms with Gasteiger partial charge >= 0.3 is 0 Å². The number of rotatable bonds is 4. The lowest BCUT2D eigenvalue weighted by molar-refractivity contribution is -0.137. The number of piperidine rings is 1. The normalized spacial score (nSPS) is 25.6. The molecule has 0 unspecified atom stereocenters. The predicted molar refractivity (Wildman–Crippen MR) is 101 cm³/mol. The van der Waals surface area contributed by atoms with Crippen LogP contribution in [0.5, 0.6) is 0 Å². The van der Waals surface area contributed by atoms with Crippen LogP contribution in [0.1, 0.15) is 55.5 Å². The van der Waals surface area contributed by atoms with Crippen molar-refractivity contribution in [1.29, 1.82) is 0 Å². The molecule has 7 heteroatoms. The van der Waals surface area contributed by atoms with Crippen molar-refractivity contribution < 1.29 is 9.53 Å². The summed E-state index contributed by atoms with van der Waals surface area (Å²) in [6.07, 6.45) is 8.80. The molecule has 2 aromatic rings. The first-order valence-electron chi connectivity index (χ1n) is 10.0. The minimum atomic E-state index is 0.176. The minimum absolute atomic E-state index is 0.176. The fourth-order valence-electron chi connectivity index (χ4n) is 5.22. The number of methoxy groups -OCH3 is 1. The largest absolute Gasteiger partial charge is 0.381 e. The highest BCUT2D eigenvalue weighted by Gasteiger charge is 2.46. The van der Waals surface area contributed by atoms with Crippen molar-refractivity contribution in [2.24, 2.45) is 5.41 Å². The fraction of sp³-hybridized carbons (Fsp3) is 0.700. The third kappa shape index (κ3) is 3.22. The first-order valence-corrected chi connectivity index (χ1v) is 10.0. The van der Waals surface area contributed by atoms with Crippen molar-refractivity contribution in [3.8, 4) is 0 Å². The molecule has 0 radical (unpaired) electrons. The van der Waals surface area contributed by atoms with Gasteiger partial charge in [0.05, 0.1) is 6.10 Å². The molecule has 2 atom stereocenters. The first-order chi connectivity index (χ1) is 13.0. The van der Waals surface area contributed by atoms with E-state index in [1.807, 2.05) is 21.0 Å². The molecule has 146 valence electrons. The maximum atomic E-state index is 13.0. The Morgan fingerprint density at radius 2 is 2.15 bits per heavy atom. The van der Waals surface area contributed by atoms with E-state index >= 15 is 0 Å². The Morgan fingerprint density at radius 3 is 2.96 bits per heavy atom. The summed E-state index contributed by atoms with van der Waals surface area (Å²) in [5.74, 6) is 0.859. The number of amides is 1. The zero-order chi connectivity index (χ0) is 19.0. The molecule has 4 rings (SSSR count). The molecule has 0 bridgehead atoms. The summed E-state index contributed by atoms with van der Waals surface area (Å²) in [7, 11) is 1.82. The summed E-state index contributed by atoms with van der Waals surface area (Å²) in [5.41, 5.74) is 3.23. The van der Waals surface area contributed by atoms with Crippen molar-refractivity contribution in [1.82, 2.24) is 24.5 Å². The molecule has 3 heterocycles. The van der Waals surface area contributed by atoms with Crippen LogP contribution in [-0.2, 0) is 16.0 Å². The van der Waals surface area contributed by atoms with Crippen molar-refractivity contribution in [3.63, 3.8) is 0 Å². The van der Waals surface area contributed by atoms with Crippen LogP contribution >= 0.6 is 0 Å². The Labute approximate surface area is 160 Å². The molecule has 0 N–H and O–H groups in total. The zero-order valence-electron chi connectivity index (χ0n) is 16.6. The summed E-state index contributed by atoms with van der Waals surface area (Å²) in [6.45, 7) is 5.73. The van der Waals surface area contributed by atoms with E-state index in [1.54, 1.807) is 4.52 Å². The number of aryl methyl sites for hydroxylation is 2. The molecule has 1 saturated heterocycles. The highest BCUT2D eigenvalue weighted by Crippen LogP contribution is 2.46. The molecule has 7 nitrogen and oxygen atoms in total. The second kappa shape index (κ2) is 7.19. The molecule has 2 aromatic heterocycles. The average Bonchev–Trinajstić information content (AvgIpc) is 3.28. The maximum Gasteiger partial charge on any atom is 0.252 e. The Kier molecular flexibility index (Phi) is 4.88. The Hall–Kier alpha value is -2.02. The average molecular weight is 371 g/mol. The van der Waals surface area contributed by atoms with Crippen LogP contribution in [0.4, 0.5) is 0 Å². The monoisotopic (exact) mass is 371 g/mol. The minimum Gasteiger partial charge on any atom is -0.381 e. The van der Waals surface area contributed by atoms with Crippen LogP contribution in [0.25, 0.3) is 5.78 Å². The number of nitrogens with zero attached hydrogens (tertiary/aromatic N) is 5. The molecule has 1 spiro atoms. The topological polar surface area (TPSA) is 72.6 Å². The van der Waals surface area contributed by atoms with Gasteiger partial charge in [-0.25, -0.2) is 9.50 Å². The van der Waals surface area contributed by atoms with Gasteiger partial charge in [0, 0.05) is 43.4 Å². The third-order valence-electron chi connectivity index (χ3n) is 6.65. The van der Waals surface area contributed by atoms with Gasteiger partial charge in [0.15, 0.2) is 0 Å². The van der Waals surface area contributed by atoms with E-state index in [9.17, 15) is 4.79 Å². The summed E-state index contributed by atoms with van der Waals surface area (Å²) in [4.78, 5) is 23.7. The predicted octanol–water partition coefficient (Wildman–Crippen LogP) is 2.48.